The number of nitrogens with one attached hydrogen (secondary N) is 1. The van der Waals surface area contributed by atoms with Crippen molar-refractivity contribution in [3.8, 4) is 5.75 Å². The van der Waals surface area contributed by atoms with Gasteiger partial charge in [-0.15, -0.1) is 0 Å². The Labute approximate surface area is 148 Å². The average Bonchev–Trinajstić information content (AvgIpc) is 2.63. The van der Waals surface area contributed by atoms with Crippen molar-refractivity contribution in [2.75, 3.05) is 5.32 Å². The molecule has 0 atom stereocenters. The highest BCUT2D eigenvalue weighted by Gasteiger charge is 2.13. The minimum Gasteiger partial charge on any atom is -0.488 e. The third-order valence-electron chi connectivity index (χ3n) is 4.00. The highest BCUT2D eigenvalue weighted by atomic mass is 16.5. The van der Waals surface area contributed by atoms with Gasteiger partial charge in [-0.25, -0.2) is 0 Å². The molecule has 3 nitrogen and oxygen atoms in total. The lowest BCUT2D eigenvalue weighted by atomic mass is 10.1. The number of carbonyl (C=O) groups is 1. The van der Waals surface area contributed by atoms with Gasteiger partial charge in [-0.1, -0.05) is 60.2 Å². The lowest BCUT2D eigenvalue weighted by Gasteiger charge is -2.13. The first-order valence-corrected chi connectivity index (χ1v) is 8.28. The van der Waals surface area contributed by atoms with Gasteiger partial charge in [-0.3, -0.25) is 4.79 Å². The van der Waals surface area contributed by atoms with Gasteiger partial charge in [0.1, 0.15) is 12.4 Å². The Bertz CT molecular complexity index is 872. The third-order valence-corrected chi connectivity index (χ3v) is 4.00. The number of ether oxygens (including phenoxy) is 1. The smallest absolute Gasteiger partial charge is 0.259 e. The summed E-state index contributed by atoms with van der Waals surface area (Å²) in [5.74, 6) is 0.407. The molecule has 126 valence electrons. The summed E-state index contributed by atoms with van der Waals surface area (Å²) >= 11 is 0. The van der Waals surface area contributed by atoms with Crippen molar-refractivity contribution in [3.63, 3.8) is 0 Å². The zero-order valence-electron chi connectivity index (χ0n) is 14.5. The first kappa shape index (κ1) is 16.8. The van der Waals surface area contributed by atoms with Crippen molar-refractivity contribution >= 4 is 11.6 Å². The fraction of sp³-hybridized carbons (Fsp3) is 0.136. The van der Waals surface area contributed by atoms with E-state index >= 15 is 0 Å². The predicted octanol–water partition coefficient (Wildman–Crippen LogP) is 5.13. The molecule has 1 N–H and O–H groups in total. The SMILES string of the molecule is Cc1ccc(NC(=O)c2ccccc2OCc2ccccc2)c(C)c1. The van der Waals surface area contributed by atoms with E-state index in [4.69, 9.17) is 4.74 Å². The molecule has 3 aromatic rings. The van der Waals surface area contributed by atoms with E-state index < -0.39 is 0 Å². The standard InChI is InChI=1S/C22H21NO2/c1-16-12-13-20(17(2)14-16)23-22(24)19-10-6-7-11-21(19)25-15-18-8-4-3-5-9-18/h3-14H,15H2,1-2H3,(H,23,24). The zero-order valence-corrected chi connectivity index (χ0v) is 14.5. The molecule has 0 aliphatic rings. The lowest BCUT2D eigenvalue weighted by molar-refractivity contribution is 0.102. The van der Waals surface area contributed by atoms with Crippen LogP contribution in [-0.2, 0) is 6.61 Å². The Hall–Kier alpha value is -3.07. The molecule has 0 fully saturated rings. The van der Waals surface area contributed by atoms with E-state index in [-0.39, 0.29) is 5.91 Å². The van der Waals surface area contributed by atoms with E-state index in [0.717, 1.165) is 16.8 Å². The molecule has 0 aliphatic heterocycles. The maximum atomic E-state index is 12.7. The lowest BCUT2D eigenvalue weighted by Crippen LogP contribution is -2.14. The maximum Gasteiger partial charge on any atom is 0.259 e. The fourth-order valence-electron chi connectivity index (χ4n) is 2.66. The molecule has 0 saturated carbocycles. The summed E-state index contributed by atoms with van der Waals surface area (Å²) in [7, 11) is 0. The monoisotopic (exact) mass is 331 g/mol. The molecule has 0 heterocycles. The largest absolute Gasteiger partial charge is 0.488 e. The Morgan fingerprint density at radius 1 is 0.920 bits per heavy atom. The molecule has 0 bridgehead atoms. The number of rotatable bonds is 5. The van der Waals surface area contributed by atoms with Gasteiger partial charge in [0.25, 0.3) is 5.91 Å². The average molecular weight is 331 g/mol. The summed E-state index contributed by atoms with van der Waals surface area (Å²) in [6.45, 7) is 4.44. The first-order chi connectivity index (χ1) is 12.1. The predicted molar refractivity (Wildman–Crippen MR) is 101 cm³/mol. The quantitative estimate of drug-likeness (QED) is 0.703. The summed E-state index contributed by atoms with van der Waals surface area (Å²) in [5, 5.41) is 2.97. The number of aryl methyl sites for hydroxylation is 2. The molecule has 3 rings (SSSR count). The van der Waals surface area contributed by atoms with Crippen LogP contribution in [0.15, 0.2) is 72.8 Å². The summed E-state index contributed by atoms with van der Waals surface area (Å²) in [6.07, 6.45) is 0. The van der Waals surface area contributed by atoms with Gasteiger partial charge >= 0.3 is 0 Å². The van der Waals surface area contributed by atoms with Crippen LogP contribution in [0.5, 0.6) is 5.75 Å². The number of hydrogen-bond acceptors (Lipinski definition) is 2. The summed E-state index contributed by atoms with van der Waals surface area (Å²) in [5.41, 5.74) is 4.61. The van der Waals surface area contributed by atoms with Crippen LogP contribution in [0.3, 0.4) is 0 Å². The second kappa shape index (κ2) is 7.67. The second-order valence-corrected chi connectivity index (χ2v) is 6.04. The van der Waals surface area contributed by atoms with Crippen LogP contribution in [0.2, 0.25) is 0 Å². The van der Waals surface area contributed by atoms with Crippen LogP contribution in [0, 0.1) is 13.8 Å². The van der Waals surface area contributed by atoms with Crippen molar-refractivity contribution < 1.29 is 9.53 Å². The van der Waals surface area contributed by atoms with E-state index in [9.17, 15) is 4.79 Å². The zero-order chi connectivity index (χ0) is 17.6. The molecular weight excluding hydrogens is 310 g/mol. The fourth-order valence-corrected chi connectivity index (χ4v) is 2.66. The third kappa shape index (κ3) is 4.27. The van der Waals surface area contributed by atoms with Crippen molar-refractivity contribution in [2.24, 2.45) is 0 Å². The Morgan fingerprint density at radius 2 is 1.64 bits per heavy atom. The van der Waals surface area contributed by atoms with Crippen LogP contribution in [0.4, 0.5) is 5.69 Å². The van der Waals surface area contributed by atoms with Crippen LogP contribution in [0.1, 0.15) is 27.0 Å². The number of para-hydroxylation sites is 1. The minimum atomic E-state index is -0.171. The highest BCUT2D eigenvalue weighted by molar-refractivity contribution is 6.06. The normalized spacial score (nSPS) is 10.3. The summed E-state index contributed by atoms with van der Waals surface area (Å²) in [4.78, 5) is 12.7. The van der Waals surface area contributed by atoms with Crippen molar-refractivity contribution in [1.29, 1.82) is 0 Å². The summed E-state index contributed by atoms with van der Waals surface area (Å²) < 4.78 is 5.87. The molecule has 3 aromatic carbocycles. The van der Waals surface area contributed by atoms with E-state index in [2.05, 4.69) is 5.32 Å². The van der Waals surface area contributed by atoms with Crippen molar-refractivity contribution in [1.82, 2.24) is 0 Å². The Balaban J connectivity index is 1.76. The van der Waals surface area contributed by atoms with Gasteiger partial charge in [0.2, 0.25) is 0 Å². The number of anilines is 1. The Kier molecular flexibility index (Phi) is 5.14. The van der Waals surface area contributed by atoms with Crippen LogP contribution < -0.4 is 10.1 Å². The number of carbonyl (C=O) groups excluding carboxylic acids is 1. The number of hydrogen-bond donors (Lipinski definition) is 1. The van der Waals surface area contributed by atoms with E-state index in [0.29, 0.717) is 17.9 Å². The van der Waals surface area contributed by atoms with Gasteiger partial charge < -0.3 is 10.1 Å². The minimum absolute atomic E-state index is 0.171. The van der Waals surface area contributed by atoms with Crippen LogP contribution in [0.25, 0.3) is 0 Å². The van der Waals surface area contributed by atoms with Gasteiger partial charge in [0.05, 0.1) is 5.56 Å². The molecule has 0 saturated heterocycles. The van der Waals surface area contributed by atoms with Crippen LogP contribution in [-0.4, -0.2) is 5.91 Å². The van der Waals surface area contributed by atoms with E-state index in [1.165, 1.54) is 5.56 Å². The van der Waals surface area contributed by atoms with Crippen molar-refractivity contribution in [3.05, 3.63) is 95.1 Å². The highest BCUT2D eigenvalue weighted by Crippen LogP contribution is 2.22. The topological polar surface area (TPSA) is 38.3 Å². The molecule has 0 aromatic heterocycles. The molecule has 25 heavy (non-hydrogen) atoms. The molecule has 0 unspecified atom stereocenters. The van der Waals surface area contributed by atoms with Gasteiger partial charge in [-0.05, 0) is 43.2 Å². The molecule has 0 aliphatic carbocycles. The number of amides is 1. The molecular formula is C22H21NO2. The number of benzene rings is 3. The first-order valence-electron chi connectivity index (χ1n) is 8.28. The molecule has 1 amide bonds. The molecule has 3 heteroatoms. The van der Waals surface area contributed by atoms with Gasteiger partial charge in [-0.2, -0.15) is 0 Å². The molecule has 0 radical (unpaired) electrons. The van der Waals surface area contributed by atoms with Crippen molar-refractivity contribution in [2.45, 2.75) is 20.5 Å². The summed E-state index contributed by atoms with van der Waals surface area (Å²) in [6, 6.07) is 23.2. The van der Waals surface area contributed by atoms with E-state index in [1.54, 1.807) is 6.07 Å². The van der Waals surface area contributed by atoms with Crippen LogP contribution >= 0.6 is 0 Å². The van der Waals surface area contributed by atoms with Gasteiger partial charge in [0.15, 0.2) is 0 Å². The second-order valence-electron chi connectivity index (χ2n) is 6.04. The maximum absolute atomic E-state index is 12.7. The molecule has 0 spiro atoms. The van der Waals surface area contributed by atoms with Gasteiger partial charge in [0, 0.05) is 5.69 Å². The van der Waals surface area contributed by atoms with E-state index in [1.807, 2.05) is 80.6 Å². The Morgan fingerprint density at radius 3 is 2.40 bits per heavy atom.